The molecule has 0 aliphatic carbocycles. The molecule has 1 aliphatic rings. The lowest BCUT2D eigenvalue weighted by Crippen LogP contribution is -2.18. The molecule has 1 heterocycles. The van der Waals surface area contributed by atoms with Crippen LogP contribution in [0, 0.1) is 0 Å². The van der Waals surface area contributed by atoms with Crippen LogP contribution in [0.4, 0.5) is 0 Å². The maximum atomic E-state index is 11.8. The predicted octanol–water partition coefficient (Wildman–Crippen LogP) is 1.32. The van der Waals surface area contributed by atoms with Crippen LogP contribution < -0.4 is 5.14 Å². The third kappa shape index (κ3) is 3.69. The fourth-order valence-electron chi connectivity index (χ4n) is 1.88. The van der Waals surface area contributed by atoms with Gasteiger partial charge in [0.1, 0.15) is 11.5 Å². The molecule has 0 bridgehead atoms. The van der Waals surface area contributed by atoms with Crippen molar-refractivity contribution in [2.24, 2.45) is 5.14 Å². The molecular weight excluding hydrogens is 306 g/mol. The number of ether oxygens (including phenoxy) is 2. The minimum atomic E-state index is -3.98. The predicted molar refractivity (Wildman–Crippen MR) is 72.1 cm³/mol. The van der Waals surface area contributed by atoms with Gasteiger partial charge in [-0.2, -0.15) is 0 Å². The summed E-state index contributed by atoms with van der Waals surface area (Å²) in [5.74, 6) is -0.637. The van der Waals surface area contributed by atoms with Gasteiger partial charge in [0.25, 0.3) is 0 Å². The Kier molecular flexibility index (Phi) is 4.64. The molecule has 8 heteroatoms. The van der Waals surface area contributed by atoms with Crippen LogP contribution in [0.2, 0.25) is 5.02 Å². The fourth-order valence-corrected chi connectivity index (χ4v) is 2.95. The Labute approximate surface area is 121 Å². The third-order valence-electron chi connectivity index (χ3n) is 2.90. The highest BCUT2D eigenvalue weighted by molar-refractivity contribution is 7.89. The SMILES string of the molecule is NS(=O)(=O)c1cc(C(=O)OC[C@@H]2CCCO2)ccc1Cl. The molecule has 1 fully saturated rings. The number of halogens is 1. The minimum Gasteiger partial charge on any atom is -0.459 e. The molecule has 0 amide bonds. The van der Waals surface area contributed by atoms with Crippen molar-refractivity contribution in [2.75, 3.05) is 13.2 Å². The van der Waals surface area contributed by atoms with E-state index in [1.807, 2.05) is 0 Å². The molecule has 2 rings (SSSR count). The summed E-state index contributed by atoms with van der Waals surface area (Å²) in [6.45, 7) is 0.810. The average molecular weight is 320 g/mol. The summed E-state index contributed by atoms with van der Waals surface area (Å²) in [7, 11) is -3.98. The number of benzene rings is 1. The van der Waals surface area contributed by atoms with Crippen LogP contribution in [-0.2, 0) is 19.5 Å². The Hall–Kier alpha value is -1.15. The number of carbonyl (C=O) groups is 1. The van der Waals surface area contributed by atoms with E-state index in [-0.39, 0.29) is 28.2 Å². The monoisotopic (exact) mass is 319 g/mol. The molecule has 0 aromatic heterocycles. The van der Waals surface area contributed by atoms with E-state index in [1.165, 1.54) is 12.1 Å². The molecule has 1 aromatic rings. The summed E-state index contributed by atoms with van der Waals surface area (Å²) in [5.41, 5.74) is 0.0800. The van der Waals surface area contributed by atoms with Crippen molar-refractivity contribution in [1.82, 2.24) is 0 Å². The first-order chi connectivity index (χ1) is 9.38. The van der Waals surface area contributed by atoms with Gasteiger partial charge in [0.15, 0.2) is 0 Å². The highest BCUT2D eigenvalue weighted by atomic mass is 35.5. The van der Waals surface area contributed by atoms with E-state index in [1.54, 1.807) is 0 Å². The number of primary sulfonamides is 1. The summed E-state index contributed by atoms with van der Waals surface area (Å²) >= 11 is 5.73. The molecular formula is C12H14ClNO5S. The lowest BCUT2D eigenvalue weighted by molar-refractivity contribution is 0.0161. The highest BCUT2D eigenvalue weighted by Gasteiger charge is 2.20. The molecule has 6 nitrogen and oxygen atoms in total. The van der Waals surface area contributed by atoms with Gasteiger partial charge in [-0.1, -0.05) is 11.6 Å². The molecule has 0 radical (unpaired) electrons. The van der Waals surface area contributed by atoms with Crippen LogP contribution in [0.5, 0.6) is 0 Å². The largest absolute Gasteiger partial charge is 0.459 e. The van der Waals surface area contributed by atoms with Gasteiger partial charge < -0.3 is 9.47 Å². The molecule has 0 saturated carbocycles. The summed E-state index contributed by atoms with van der Waals surface area (Å²) < 4.78 is 33.0. The second-order valence-electron chi connectivity index (χ2n) is 4.42. The van der Waals surface area contributed by atoms with Crippen molar-refractivity contribution >= 4 is 27.6 Å². The molecule has 0 spiro atoms. The fraction of sp³-hybridized carbons (Fsp3) is 0.417. The molecule has 110 valence electrons. The van der Waals surface area contributed by atoms with Gasteiger partial charge in [0.05, 0.1) is 16.7 Å². The molecule has 20 heavy (non-hydrogen) atoms. The second kappa shape index (κ2) is 6.09. The zero-order chi connectivity index (χ0) is 14.8. The Morgan fingerprint density at radius 2 is 2.25 bits per heavy atom. The maximum absolute atomic E-state index is 11.8. The summed E-state index contributed by atoms with van der Waals surface area (Å²) in [4.78, 5) is 11.5. The van der Waals surface area contributed by atoms with Crippen LogP contribution in [0.15, 0.2) is 23.1 Å². The minimum absolute atomic E-state index is 0.0387. The van der Waals surface area contributed by atoms with Gasteiger partial charge in [0.2, 0.25) is 10.0 Å². The quantitative estimate of drug-likeness (QED) is 0.844. The van der Waals surface area contributed by atoms with Crippen molar-refractivity contribution in [1.29, 1.82) is 0 Å². The van der Waals surface area contributed by atoms with Crippen molar-refractivity contribution in [3.63, 3.8) is 0 Å². The van der Waals surface area contributed by atoms with Gasteiger partial charge in [-0.15, -0.1) is 0 Å². The Morgan fingerprint density at radius 1 is 1.50 bits per heavy atom. The van der Waals surface area contributed by atoms with Gasteiger partial charge in [0, 0.05) is 6.61 Å². The second-order valence-corrected chi connectivity index (χ2v) is 6.36. The molecule has 0 unspecified atom stereocenters. The topological polar surface area (TPSA) is 95.7 Å². The standard InChI is InChI=1S/C12H14ClNO5S/c13-10-4-3-8(6-11(10)20(14,16)17)12(15)19-7-9-2-1-5-18-9/h3-4,6,9H,1-2,5,7H2,(H2,14,16,17)/t9-/m0/s1. The number of hydrogen-bond donors (Lipinski definition) is 1. The number of hydrogen-bond acceptors (Lipinski definition) is 5. The molecule has 1 saturated heterocycles. The Morgan fingerprint density at radius 3 is 2.85 bits per heavy atom. The first kappa shape index (κ1) is 15.2. The van der Waals surface area contributed by atoms with Crippen LogP contribution in [0.25, 0.3) is 0 Å². The normalized spacial score (nSPS) is 19.0. The summed E-state index contributed by atoms with van der Waals surface area (Å²) in [5, 5.41) is 4.98. The van der Waals surface area contributed by atoms with Gasteiger partial charge in [-0.25, -0.2) is 18.4 Å². The lowest BCUT2D eigenvalue weighted by atomic mass is 10.2. The van der Waals surface area contributed by atoms with E-state index < -0.39 is 16.0 Å². The first-order valence-corrected chi connectivity index (χ1v) is 7.91. The maximum Gasteiger partial charge on any atom is 0.338 e. The van der Waals surface area contributed by atoms with Gasteiger partial charge >= 0.3 is 5.97 Å². The first-order valence-electron chi connectivity index (χ1n) is 5.99. The zero-order valence-electron chi connectivity index (χ0n) is 10.5. The van der Waals surface area contributed by atoms with Crippen LogP contribution in [0.3, 0.4) is 0 Å². The van der Waals surface area contributed by atoms with E-state index in [9.17, 15) is 13.2 Å². The van der Waals surface area contributed by atoms with Crippen molar-refractivity contribution in [3.05, 3.63) is 28.8 Å². The van der Waals surface area contributed by atoms with E-state index in [0.717, 1.165) is 18.9 Å². The van der Waals surface area contributed by atoms with Crippen LogP contribution in [-0.4, -0.2) is 33.7 Å². The molecule has 1 atom stereocenters. The van der Waals surface area contributed by atoms with Gasteiger partial charge in [-0.05, 0) is 31.0 Å². The third-order valence-corrected chi connectivity index (χ3v) is 4.29. The molecule has 2 N–H and O–H groups in total. The number of sulfonamides is 1. The number of esters is 1. The van der Waals surface area contributed by atoms with Crippen LogP contribution >= 0.6 is 11.6 Å². The number of rotatable bonds is 4. The Bertz CT molecular complexity index is 610. The molecule has 1 aliphatic heterocycles. The Balaban J connectivity index is 2.10. The van der Waals surface area contributed by atoms with Crippen LogP contribution in [0.1, 0.15) is 23.2 Å². The molecule has 1 aromatic carbocycles. The van der Waals surface area contributed by atoms with Crippen molar-refractivity contribution < 1.29 is 22.7 Å². The van der Waals surface area contributed by atoms with E-state index in [4.69, 9.17) is 26.2 Å². The average Bonchev–Trinajstić information content (AvgIpc) is 2.88. The van der Waals surface area contributed by atoms with E-state index in [2.05, 4.69) is 0 Å². The smallest absolute Gasteiger partial charge is 0.338 e. The van der Waals surface area contributed by atoms with E-state index in [0.29, 0.717) is 6.61 Å². The van der Waals surface area contributed by atoms with Crippen molar-refractivity contribution in [2.45, 2.75) is 23.8 Å². The number of carbonyl (C=O) groups excluding carboxylic acids is 1. The lowest BCUT2D eigenvalue weighted by Gasteiger charge is -2.11. The number of nitrogens with two attached hydrogens (primary N) is 1. The zero-order valence-corrected chi connectivity index (χ0v) is 12.1. The summed E-state index contributed by atoms with van der Waals surface area (Å²) in [6.07, 6.45) is 1.69. The van der Waals surface area contributed by atoms with E-state index >= 15 is 0 Å². The highest BCUT2D eigenvalue weighted by Crippen LogP contribution is 2.22. The summed E-state index contributed by atoms with van der Waals surface area (Å²) in [6, 6.07) is 3.79. The van der Waals surface area contributed by atoms with Gasteiger partial charge in [-0.3, -0.25) is 0 Å². The van der Waals surface area contributed by atoms with Crippen molar-refractivity contribution in [3.8, 4) is 0 Å².